The molecule has 1 aromatic heterocycles. The monoisotopic (exact) mass is 463 g/mol. The Morgan fingerprint density at radius 2 is 2.00 bits per heavy atom. The zero-order valence-corrected chi connectivity index (χ0v) is 18.6. The molecule has 2 aromatic carbocycles. The first-order valence-electron chi connectivity index (χ1n) is 8.88. The standard InChI is InChI=1S/C21H19ClNO5PS/c1-13(24)28-18-6-4-3-5-14(18)9-10-23-21(25)20(29(2,26)27)17-12-30-19-8-7-15(22)11-16(17)19/h3-12,20H,1-2H3,(H,23,25)(H,26,27). The largest absolute Gasteiger partial charge is 0.426 e. The van der Waals surface area contributed by atoms with Gasteiger partial charge in [-0.1, -0.05) is 29.8 Å². The van der Waals surface area contributed by atoms with Crippen molar-refractivity contribution in [3.05, 3.63) is 70.2 Å². The van der Waals surface area contributed by atoms with Crippen LogP contribution in [0.5, 0.6) is 5.75 Å². The zero-order chi connectivity index (χ0) is 21.9. The predicted molar refractivity (Wildman–Crippen MR) is 120 cm³/mol. The van der Waals surface area contributed by atoms with Crippen LogP contribution in [-0.4, -0.2) is 23.4 Å². The van der Waals surface area contributed by atoms with E-state index >= 15 is 0 Å². The van der Waals surface area contributed by atoms with Gasteiger partial charge < -0.3 is 14.9 Å². The van der Waals surface area contributed by atoms with Crippen molar-refractivity contribution in [3.8, 4) is 5.75 Å². The van der Waals surface area contributed by atoms with E-state index in [2.05, 4.69) is 5.32 Å². The minimum absolute atomic E-state index is 0.342. The molecule has 9 heteroatoms. The van der Waals surface area contributed by atoms with E-state index < -0.39 is 24.9 Å². The number of esters is 1. The third kappa shape index (κ3) is 5.18. The van der Waals surface area contributed by atoms with E-state index in [4.69, 9.17) is 16.3 Å². The van der Waals surface area contributed by atoms with Gasteiger partial charge in [-0.05, 0) is 46.7 Å². The molecule has 30 heavy (non-hydrogen) atoms. The Morgan fingerprint density at radius 3 is 2.70 bits per heavy atom. The first-order chi connectivity index (χ1) is 14.2. The SMILES string of the molecule is CC(=O)Oc1ccccc1C=CNC(=O)C(c1csc2ccc(Cl)cc12)P(C)(=O)O. The Hall–Kier alpha value is -2.44. The molecule has 0 saturated heterocycles. The number of nitrogens with one attached hydrogen (secondary N) is 1. The molecule has 1 amide bonds. The van der Waals surface area contributed by atoms with Crippen molar-refractivity contribution in [1.29, 1.82) is 0 Å². The van der Waals surface area contributed by atoms with Crippen molar-refractivity contribution in [3.63, 3.8) is 0 Å². The lowest BCUT2D eigenvalue weighted by molar-refractivity contribution is -0.131. The van der Waals surface area contributed by atoms with Crippen molar-refractivity contribution in [2.45, 2.75) is 12.6 Å². The van der Waals surface area contributed by atoms with Crippen LogP contribution in [0.15, 0.2) is 54.0 Å². The van der Waals surface area contributed by atoms with Gasteiger partial charge in [0, 0.05) is 35.1 Å². The third-order valence-corrected chi connectivity index (χ3v) is 6.94. The molecule has 2 atom stereocenters. The van der Waals surface area contributed by atoms with Crippen LogP contribution < -0.4 is 10.1 Å². The van der Waals surface area contributed by atoms with Crippen molar-refractivity contribution in [2.75, 3.05) is 6.66 Å². The second kappa shape index (κ2) is 9.14. The molecule has 0 aliphatic heterocycles. The summed E-state index contributed by atoms with van der Waals surface area (Å²) in [5.41, 5.74) is -0.226. The van der Waals surface area contributed by atoms with Gasteiger partial charge in [-0.15, -0.1) is 11.3 Å². The zero-order valence-electron chi connectivity index (χ0n) is 16.2. The van der Waals surface area contributed by atoms with Gasteiger partial charge in [0.25, 0.3) is 0 Å². The fourth-order valence-electron chi connectivity index (χ4n) is 3.01. The quantitative estimate of drug-likeness (QED) is 0.297. The Morgan fingerprint density at radius 1 is 1.27 bits per heavy atom. The predicted octanol–water partition coefficient (Wildman–Crippen LogP) is 5.21. The van der Waals surface area contributed by atoms with Crippen LogP contribution in [-0.2, 0) is 14.2 Å². The van der Waals surface area contributed by atoms with E-state index in [9.17, 15) is 19.0 Å². The summed E-state index contributed by atoms with van der Waals surface area (Å²) in [5, 5.41) is 5.42. The van der Waals surface area contributed by atoms with Crippen molar-refractivity contribution in [2.24, 2.45) is 0 Å². The van der Waals surface area contributed by atoms with Gasteiger partial charge in [0.2, 0.25) is 13.3 Å². The molecule has 1 heterocycles. The molecule has 0 fully saturated rings. The van der Waals surface area contributed by atoms with E-state index in [0.717, 1.165) is 11.4 Å². The number of hydrogen-bond donors (Lipinski definition) is 2. The smallest absolute Gasteiger partial charge is 0.308 e. The first-order valence-corrected chi connectivity index (χ1v) is 12.3. The third-order valence-electron chi connectivity index (χ3n) is 4.25. The van der Waals surface area contributed by atoms with Crippen LogP contribution in [0.1, 0.15) is 23.7 Å². The van der Waals surface area contributed by atoms with Crippen molar-refractivity contribution >= 4 is 58.3 Å². The summed E-state index contributed by atoms with van der Waals surface area (Å²) in [4.78, 5) is 34.4. The highest BCUT2D eigenvalue weighted by molar-refractivity contribution is 7.58. The maximum absolute atomic E-state index is 12.9. The molecule has 0 bridgehead atoms. The maximum Gasteiger partial charge on any atom is 0.308 e. The summed E-state index contributed by atoms with van der Waals surface area (Å²) in [7, 11) is -3.83. The molecule has 3 rings (SSSR count). The minimum Gasteiger partial charge on any atom is -0.426 e. The molecule has 6 nitrogen and oxygen atoms in total. The van der Waals surface area contributed by atoms with Gasteiger partial charge >= 0.3 is 5.97 Å². The van der Waals surface area contributed by atoms with Gasteiger partial charge in [0.05, 0.1) is 0 Å². The van der Waals surface area contributed by atoms with E-state index in [-0.39, 0.29) is 0 Å². The minimum atomic E-state index is -3.83. The number of ether oxygens (including phenoxy) is 1. The maximum atomic E-state index is 12.9. The molecular formula is C21H19ClNO5PS. The molecule has 2 N–H and O–H groups in total. The summed E-state index contributed by atoms with van der Waals surface area (Å²) in [5.74, 6) is -0.742. The van der Waals surface area contributed by atoms with Crippen LogP contribution in [0, 0.1) is 0 Å². The molecule has 0 aliphatic carbocycles. The number of rotatable bonds is 6. The summed E-state index contributed by atoms with van der Waals surface area (Å²) >= 11 is 7.45. The molecule has 0 aliphatic rings. The number of amides is 1. The summed E-state index contributed by atoms with van der Waals surface area (Å²) in [6.45, 7) is 2.45. The number of fused-ring (bicyclic) bond motifs is 1. The lowest BCUT2D eigenvalue weighted by Gasteiger charge is -2.18. The number of benzene rings is 2. The number of carbonyl (C=O) groups excluding carboxylic acids is 2. The fraction of sp³-hybridized carbons (Fsp3) is 0.143. The van der Waals surface area contributed by atoms with Gasteiger partial charge in [-0.3, -0.25) is 14.2 Å². The lowest BCUT2D eigenvalue weighted by Crippen LogP contribution is -2.25. The second-order valence-corrected chi connectivity index (χ2v) is 10.4. The number of para-hydroxylation sites is 1. The van der Waals surface area contributed by atoms with Gasteiger partial charge in [0.1, 0.15) is 11.4 Å². The Kier molecular flexibility index (Phi) is 6.78. The fourth-order valence-corrected chi connectivity index (χ4v) is 5.49. The van der Waals surface area contributed by atoms with Crippen molar-refractivity contribution in [1.82, 2.24) is 5.32 Å². The average Bonchev–Trinajstić information content (AvgIpc) is 3.04. The number of hydrogen-bond acceptors (Lipinski definition) is 5. The normalized spacial score (nSPS) is 14.4. The molecule has 156 valence electrons. The number of carbonyl (C=O) groups is 2. The van der Waals surface area contributed by atoms with Gasteiger partial charge in [0.15, 0.2) is 0 Å². The van der Waals surface area contributed by atoms with Crippen LogP contribution >= 0.6 is 30.3 Å². The van der Waals surface area contributed by atoms with Crippen molar-refractivity contribution < 1.29 is 23.8 Å². The van der Waals surface area contributed by atoms with Crippen LogP contribution in [0.3, 0.4) is 0 Å². The number of halogens is 1. The van der Waals surface area contributed by atoms with Gasteiger partial charge in [-0.2, -0.15) is 0 Å². The molecule has 2 unspecified atom stereocenters. The Bertz CT molecular complexity index is 1180. The highest BCUT2D eigenvalue weighted by Gasteiger charge is 2.36. The molecule has 0 radical (unpaired) electrons. The average molecular weight is 464 g/mol. The first kappa shape index (κ1) is 22.2. The summed E-state index contributed by atoms with van der Waals surface area (Å²) in [6.07, 6.45) is 2.91. The molecule has 0 saturated carbocycles. The van der Waals surface area contributed by atoms with Gasteiger partial charge in [-0.25, -0.2) is 0 Å². The molecule has 3 aromatic rings. The topological polar surface area (TPSA) is 92.7 Å². The van der Waals surface area contributed by atoms with E-state index in [1.807, 2.05) is 6.07 Å². The second-order valence-electron chi connectivity index (χ2n) is 6.65. The highest BCUT2D eigenvalue weighted by atomic mass is 35.5. The Labute approximate surface area is 182 Å². The molecular weight excluding hydrogens is 445 g/mol. The van der Waals surface area contributed by atoms with Crippen LogP contribution in [0.4, 0.5) is 0 Å². The van der Waals surface area contributed by atoms with Crippen LogP contribution in [0.2, 0.25) is 5.02 Å². The van der Waals surface area contributed by atoms with Crippen LogP contribution in [0.25, 0.3) is 16.2 Å². The highest BCUT2D eigenvalue weighted by Crippen LogP contribution is 2.54. The summed E-state index contributed by atoms with van der Waals surface area (Å²) in [6, 6.07) is 12.0. The lowest BCUT2D eigenvalue weighted by atomic mass is 10.1. The Balaban J connectivity index is 1.88. The molecule has 0 spiro atoms. The number of thiophene rings is 1. The van der Waals surface area contributed by atoms with E-state index in [1.54, 1.807) is 47.9 Å². The summed E-state index contributed by atoms with van der Waals surface area (Å²) < 4.78 is 18.6. The van der Waals surface area contributed by atoms with E-state index in [0.29, 0.717) is 27.3 Å². The van der Waals surface area contributed by atoms with E-state index in [1.165, 1.54) is 24.5 Å².